The summed E-state index contributed by atoms with van der Waals surface area (Å²) >= 11 is 0. The van der Waals surface area contributed by atoms with E-state index in [2.05, 4.69) is 13.8 Å². The normalized spacial score (nSPS) is 3.60. The molecule has 0 aromatic rings. The van der Waals surface area contributed by atoms with E-state index >= 15 is 0 Å². The van der Waals surface area contributed by atoms with E-state index < -0.39 is 0 Å². The Balaban J connectivity index is -0.0000000200. The molecule has 0 rings (SSSR count). The molecule has 0 aromatic heterocycles. The molecule has 0 aliphatic rings. The van der Waals surface area contributed by atoms with Crippen LogP contribution in [0.3, 0.4) is 0 Å². The molecule has 0 radical (unpaired) electrons. The number of hydrogen-bond donors (Lipinski definition) is 0. The number of rotatable bonds is 0. The third-order valence-corrected chi connectivity index (χ3v) is 0. The molecule has 0 unspecified atom stereocenters. The summed E-state index contributed by atoms with van der Waals surface area (Å²) in [5.41, 5.74) is 0. The fourth-order valence-corrected chi connectivity index (χ4v) is 0. The summed E-state index contributed by atoms with van der Waals surface area (Å²) in [6.45, 7) is 4.25. The summed E-state index contributed by atoms with van der Waals surface area (Å²) in [4.78, 5) is 0. The van der Waals surface area contributed by atoms with Gasteiger partial charge in [0, 0.05) is 0 Å². The molecule has 2 heteroatoms. The van der Waals surface area contributed by atoms with E-state index in [0.29, 0.717) is 0 Å². The average Bonchev–Trinajstić information content (AvgIpc) is 0.918. The molecule has 0 spiro atoms. The van der Waals surface area contributed by atoms with Crippen molar-refractivity contribution in [3.8, 4) is 0 Å². The highest BCUT2D eigenvalue weighted by Crippen LogP contribution is 1.56. The van der Waals surface area contributed by atoms with E-state index in [0.717, 1.165) is 0 Å². The summed E-state index contributed by atoms with van der Waals surface area (Å²) < 4.78 is 0. The van der Waals surface area contributed by atoms with Crippen LogP contribution in [-0.4, -0.2) is 0 Å². The summed E-state index contributed by atoms with van der Waals surface area (Å²) in [5, 5.41) is 0. The van der Waals surface area contributed by atoms with E-state index in [9.17, 15) is 0 Å². The van der Waals surface area contributed by atoms with Gasteiger partial charge in [0.25, 0.3) is 0 Å². The van der Waals surface area contributed by atoms with Crippen molar-refractivity contribution in [2.24, 2.45) is 0 Å². The summed E-state index contributed by atoms with van der Waals surface area (Å²) in [5.74, 6) is 0. The Bertz CT molecular complexity index is 4.85. The molecule has 0 nitrogen and oxygen atoms in total. The lowest BCUT2D eigenvalue weighted by Crippen LogP contribution is -1.27. The minimum Gasteiger partial charge on any atom is -0.269 e. The third kappa shape index (κ3) is 681. The van der Waals surface area contributed by atoms with Crippen LogP contribution in [0.5, 0.6) is 0 Å². The Hall–Kier alpha value is -0.140. The zero-order valence-corrected chi connectivity index (χ0v) is 3.52. The third-order valence-electron chi connectivity index (χ3n) is 0. The predicted molar refractivity (Wildman–Crippen MR) is 21.0 cm³/mol. The first-order valence-corrected chi connectivity index (χ1v) is 1.41. The lowest BCUT2D eigenvalue weighted by molar-refractivity contribution is 1.09. The van der Waals surface area contributed by atoms with E-state index in [1.165, 1.54) is 6.42 Å². The van der Waals surface area contributed by atoms with Crippen molar-refractivity contribution in [1.29, 1.82) is 0 Å². The van der Waals surface area contributed by atoms with Gasteiger partial charge < -0.3 is 0 Å². The number of halogens is 2. The molecule has 0 atom stereocenters. The minimum absolute atomic E-state index is 0. The average molecular weight is 84.1 g/mol. The van der Waals surface area contributed by atoms with Crippen LogP contribution in [0.4, 0.5) is 9.41 Å². The van der Waals surface area contributed by atoms with Gasteiger partial charge in [0.15, 0.2) is 0 Å². The zero-order valence-electron chi connectivity index (χ0n) is 3.52. The highest BCUT2D eigenvalue weighted by atomic mass is 19.0. The van der Waals surface area contributed by atoms with Crippen molar-refractivity contribution >= 4 is 0 Å². The SMILES string of the molecule is CCC.F.F. The molecule has 0 aliphatic heterocycles. The van der Waals surface area contributed by atoms with Crippen molar-refractivity contribution in [2.45, 2.75) is 20.3 Å². The van der Waals surface area contributed by atoms with Crippen LogP contribution in [0, 0.1) is 0 Å². The van der Waals surface area contributed by atoms with Gasteiger partial charge in [0.05, 0.1) is 0 Å². The summed E-state index contributed by atoms with van der Waals surface area (Å²) in [7, 11) is 0. The first-order chi connectivity index (χ1) is 1.41. The number of hydrogen-bond acceptors (Lipinski definition) is 0. The zero-order chi connectivity index (χ0) is 2.71. The van der Waals surface area contributed by atoms with Crippen molar-refractivity contribution in [2.75, 3.05) is 0 Å². The fourth-order valence-electron chi connectivity index (χ4n) is 0. The van der Waals surface area contributed by atoms with Gasteiger partial charge in [-0.05, 0) is 0 Å². The molecular weight excluding hydrogens is 74.0 g/mol. The molecule has 0 N–H and O–H groups in total. The van der Waals surface area contributed by atoms with Gasteiger partial charge in [-0.1, -0.05) is 20.3 Å². The Kier molecular flexibility index (Phi) is 179. The molecule has 0 fully saturated rings. The standard InChI is InChI=1S/C3H8.2FH/c1-3-2;;/h3H2,1-2H3;2*1H. The molecule has 5 heavy (non-hydrogen) atoms. The summed E-state index contributed by atoms with van der Waals surface area (Å²) in [6, 6.07) is 0. The lowest BCUT2D eigenvalue weighted by atomic mass is 10.6. The first kappa shape index (κ1) is 20.9. The maximum absolute atomic E-state index is 2.12. The largest absolute Gasteiger partial charge is 0.269 e. The van der Waals surface area contributed by atoms with Crippen LogP contribution in [-0.2, 0) is 0 Å². The molecule has 0 bridgehead atoms. The Morgan fingerprint density at radius 2 is 1.00 bits per heavy atom. The van der Waals surface area contributed by atoms with E-state index in [1.54, 1.807) is 0 Å². The second kappa shape index (κ2) is 42.7. The van der Waals surface area contributed by atoms with Crippen molar-refractivity contribution < 1.29 is 9.41 Å². The van der Waals surface area contributed by atoms with Crippen molar-refractivity contribution in [3.05, 3.63) is 0 Å². The Morgan fingerprint density at radius 1 is 1.00 bits per heavy atom. The first-order valence-electron chi connectivity index (χ1n) is 1.41. The van der Waals surface area contributed by atoms with Gasteiger partial charge in [-0.2, -0.15) is 0 Å². The Morgan fingerprint density at radius 3 is 1.00 bits per heavy atom. The second-order valence-electron chi connectivity index (χ2n) is 0.707. The van der Waals surface area contributed by atoms with E-state index in [-0.39, 0.29) is 9.41 Å². The Labute approximate surface area is 30.9 Å². The maximum atomic E-state index is 2.12. The maximum Gasteiger partial charge on any atom is -0.0590 e. The van der Waals surface area contributed by atoms with Gasteiger partial charge >= 0.3 is 0 Å². The van der Waals surface area contributed by atoms with Crippen LogP contribution >= 0.6 is 0 Å². The fraction of sp³-hybridized carbons (Fsp3) is 1.00. The van der Waals surface area contributed by atoms with Crippen LogP contribution in [0.1, 0.15) is 20.3 Å². The van der Waals surface area contributed by atoms with E-state index in [1.807, 2.05) is 0 Å². The molecule has 0 aromatic carbocycles. The van der Waals surface area contributed by atoms with Crippen LogP contribution in [0.25, 0.3) is 0 Å². The smallest absolute Gasteiger partial charge is 0.0590 e. The molecule has 0 aliphatic carbocycles. The van der Waals surface area contributed by atoms with Crippen LogP contribution < -0.4 is 0 Å². The highest BCUT2D eigenvalue weighted by molar-refractivity contribution is 3.92. The van der Waals surface area contributed by atoms with Gasteiger partial charge in [-0.15, -0.1) is 0 Å². The van der Waals surface area contributed by atoms with Crippen LogP contribution in [0.2, 0.25) is 0 Å². The predicted octanol–water partition coefficient (Wildman–Crippen LogP) is 1.72. The molecular formula is C3H10F2. The van der Waals surface area contributed by atoms with Crippen LogP contribution in [0.15, 0.2) is 0 Å². The molecule has 0 amide bonds. The molecule has 0 heterocycles. The summed E-state index contributed by atoms with van der Waals surface area (Å²) in [6.07, 6.45) is 1.25. The van der Waals surface area contributed by atoms with Gasteiger partial charge in [0.1, 0.15) is 0 Å². The molecule has 0 saturated heterocycles. The molecule has 36 valence electrons. The molecule has 0 saturated carbocycles. The minimum atomic E-state index is 0. The van der Waals surface area contributed by atoms with E-state index in [4.69, 9.17) is 0 Å². The second-order valence-corrected chi connectivity index (χ2v) is 0.707. The van der Waals surface area contributed by atoms with Gasteiger partial charge in [0.2, 0.25) is 0 Å². The highest BCUT2D eigenvalue weighted by Gasteiger charge is 1.35. The van der Waals surface area contributed by atoms with Crippen molar-refractivity contribution in [3.63, 3.8) is 0 Å². The monoisotopic (exact) mass is 84.1 g/mol. The van der Waals surface area contributed by atoms with Crippen molar-refractivity contribution in [1.82, 2.24) is 0 Å². The quantitative estimate of drug-likeness (QED) is 0.419. The topological polar surface area (TPSA) is 0 Å². The van der Waals surface area contributed by atoms with Gasteiger partial charge in [-0.3, -0.25) is 9.41 Å². The van der Waals surface area contributed by atoms with Gasteiger partial charge in [-0.25, -0.2) is 0 Å². The lowest BCUT2D eigenvalue weighted by Gasteiger charge is -1.48.